The van der Waals surface area contributed by atoms with E-state index in [0.717, 1.165) is 48.2 Å². The molecule has 8 nitrogen and oxygen atoms in total. The second-order valence-corrected chi connectivity index (χ2v) is 10.9. The van der Waals surface area contributed by atoms with Gasteiger partial charge in [-0.15, -0.1) is 0 Å². The number of pyridine rings is 1. The predicted molar refractivity (Wildman–Crippen MR) is 139 cm³/mol. The lowest BCUT2D eigenvalue weighted by Crippen LogP contribution is -2.39. The summed E-state index contributed by atoms with van der Waals surface area (Å²) in [7, 11) is 1.28. The largest absolute Gasteiger partial charge is 0.494 e. The Morgan fingerprint density at radius 1 is 1.27 bits per heavy atom. The summed E-state index contributed by atoms with van der Waals surface area (Å²) in [5.74, 6) is -1.57. The highest BCUT2D eigenvalue weighted by Gasteiger charge is 2.33. The number of benzene rings is 1. The summed E-state index contributed by atoms with van der Waals surface area (Å²) in [5, 5.41) is 13.3. The van der Waals surface area contributed by atoms with E-state index in [1.165, 1.54) is 13.2 Å². The molecule has 4 N–H and O–H groups in total. The summed E-state index contributed by atoms with van der Waals surface area (Å²) in [4.78, 5) is 24.2. The first-order chi connectivity index (χ1) is 17.7. The van der Waals surface area contributed by atoms with Gasteiger partial charge >= 0.3 is 0 Å². The number of ether oxygens (including phenoxy) is 1. The lowest BCUT2D eigenvalue weighted by atomic mass is 9.91. The average molecular weight is 530 g/mol. The van der Waals surface area contributed by atoms with Crippen LogP contribution in [-0.4, -0.2) is 41.2 Å². The third-order valence-corrected chi connectivity index (χ3v) is 7.86. The van der Waals surface area contributed by atoms with Gasteiger partial charge < -0.3 is 25.8 Å². The number of piperidine rings is 1. The summed E-state index contributed by atoms with van der Waals surface area (Å²) >= 11 is 0.818. The lowest BCUT2D eigenvalue weighted by molar-refractivity contribution is 0.102. The zero-order valence-electron chi connectivity index (χ0n) is 20.8. The molecule has 0 saturated carbocycles. The maximum Gasteiger partial charge on any atom is 0.277 e. The fourth-order valence-corrected chi connectivity index (χ4v) is 6.35. The molecular weight excluding hydrogens is 500 g/mol. The van der Waals surface area contributed by atoms with E-state index < -0.39 is 29.2 Å². The minimum atomic E-state index is -0.916. The number of nitrogens with two attached hydrogens (primary N) is 1. The third kappa shape index (κ3) is 4.61. The summed E-state index contributed by atoms with van der Waals surface area (Å²) in [6, 6.07) is 2.26. The number of nitrogen functional groups attached to an aromatic ring is 1. The number of anilines is 3. The van der Waals surface area contributed by atoms with Crippen LogP contribution in [0.25, 0.3) is 10.6 Å². The van der Waals surface area contributed by atoms with Crippen LogP contribution in [0.5, 0.6) is 5.75 Å². The lowest BCUT2D eigenvalue weighted by Gasteiger charge is -2.38. The second kappa shape index (κ2) is 9.86. The minimum Gasteiger partial charge on any atom is -0.494 e. The number of aliphatic hydroxyl groups is 1. The van der Waals surface area contributed by atoms with Gasteiger partial charge in [0.25, 0.3) is 5.91 Å². The molecule has 1 saturated heterocycles. The fourth-order valence-electron chi connectivity index (χ4n) is 5.48. The number of thiazole rings is 1. The smallest absolute Gasteiger partial charge is 0.277 e. The van der Waals surface area contributed by atoms with Crippen molar-refractivity contribution in [2.75, 3.05) is 36.1 Å². The van der Waals surface area contributed by atoms with E-state index in [-0.39, 0.29) is 21.5 Å². The molecule has 37 heavy (non-hydrogen) atoms. The van der Waals surface area contributed by atoms with Crippen LogP contribution in [0, 0.1) is 23.5 Å². The summed E-state index contributed by atoms with van der Waals surface area (Å²) in [6.45, 7) is 6.03. The van der Waals surface area contributed by atoms with Gasteiger partial charge in [0.2, 0.25) is 0 Å². The van der Waals surface area contributed by atoms with Crippen molar-refractivity contribution in [3.63, 3.8) is 0 Å². The molecule has 0 spiro atoms. The van der Waals surface area contributed by atoms with Crippen molar-refractivity contribution in [3.8, 4) is 16.3 Å². The molecule has 5 rings (SSSR count). The predicted octanol–water partition coefficient (Wildman–Crippen LogP) is 4.79. The molecular formula is C26H29F2N5O3S. The van der Waals surface area contributed by atoms with Crippen molar-refractivity contribution in [2.24, 2.45) is 11.8 Å². The Balaban J connectivity index is 1.51. The molecule has 0 bridgehead atoms. The second-order valence-electron chi connectivity index (χ2n) is 9.91. The number of aromatic nitrogens is 2. The van der Waals surface area contributed by atoms with Crippen LogP contribution in [0.2, 0.25) is 0 Å². The van der Waals surface area contributed by atoms with Gasteiger partial charge in [-0.25, -0.2) is 13.8 Å². The van der Waals surface area contributed by atoms with Gasteiger partial charge in [0.05, 0.1) is 42.0 Å². The number of aliphatic hydroxyl groups excluding tert-OH is 1. The van der Waals surface area contributed by atoms with Crippen molar-refractivity contribution in [1.29, 1.82) is 0 Å². The SMILES string of the molecule is COc1ccc(F)c(-c2nc(C(=O)Nc3cnc4c(c3N3C[C@H](C)C[C@H](C)C3)CCC4O)c(N)s2)c1F. The van der Waals surface area contributed by atoms with E-state index in [1.54, 1.807) is 6.20 Å². The Morgan fingerprint density at radius 3 is 2.70 bits per heavy atom. The molecule has 1 aromatic carbocycles. The number of methoxy groups -OCH3 is 1. The van der Waals surface area contributed by atoms with Crippen molar-refractivity contribution in [2.45, 2.75) is 39.2 Å². The Kier molecular flexibility index (Phi) is 6.76. The topological polar surface area (TPSA) is 114 Å². The Labute approximate surface area is 217 Å². The number of nitrogens with one attached hydrogen (secondary N) is 1. The number of halogens is 2. The number of amides is 1. The van der Waals surface area contributed by atoms with E-state index in [4.69, 9.17) is 10.5 Å². The zero-order chi connectivity index (χ0) is 26.4. The molecule has 1 amide bonds. The summed E-state index contributed by atoms with van der Waals surface area (Å²) < 4.78 is 34.3. The van der Waals surface area contributed by atoms with E-state index >= 15 is 0 Å². The van der Waals surface area contributed by atoms with Gasteiger partial charge in [-0.1, -0.05) is 25.2 Å². The Bertz CT molecular complexity index is 1350. The summed E-state index contributed by atoms with van der Waals surface area (Å²) in [6.07, 6.45) is 3.26. The molecule has 196 valence electrons. The van der Waals surface area contributed by atoms with Crippen LogP contribution in [0.3, 0.4) is 0 Å². The van der Waals surface area contributed by atoms with Crippen molar-refractivity contribution in [1.82, 2.24) is 9.97 Å². The Morgan fingerprint density at radius 2 is 2.00 bits per heavy atom. The van der Waals surface area contributed by atoms with Gasteiger partial charge in [-0.2, -0.15) is 0 Å². The first-order valence-corrected chi connectivity index (χ1v) is 13.0. The first-order valence-electron chi connectivity index (χ1n) is 12.2. The van der Waals surface area contributed by atoms with E-state index in [9.17, 15) is 18.7 Å². The van der Waals surface area contributed by atoms with E-state index in [2.05, 4.69) is 34.0 Å². The standard InChI is InChI=1S/C26H29F2N5O3S/c1-12-8-13(2)11-33(10-12)23-14-4-6-17(34)21(14)30-9-16(23)31-25(35)22-24(29)37-26(32-22)19-15(27)5-7-18(36-3)20(19)28/h5,7,9,12-13,17,34H,4,6,8,10-11,29H2,1-3H3,(H,31,35)/t12-,13+,17?. The number of hydrogen-bond acceptors (Lipinski definition) is 8. The molecule has 1 aliphatic carbocycles. The number of hydrogen-bond donors (Lipinski definition) is 3. The first kappa shape index (κ1) is 25.3. The van der Waals surface area contributed by atoms with E-state index in [1.807, 2.05) is 0 Å². The zero-order valence-corrected chi connectivity index (χ0v) is 21.7. The van der Waals surface area contributed by atoms with Crippen molar-refractivity contribution < 1.29 is 23.4 Å². The minimum absolute atomic E-state index is 0.0282. The van der Waals surface area contributed by atoms with Crippen LogP contribution in [0.15, 0.2) is 18.3 Å². The van der Waals surface area contributed by atoms with Gasteiger partial charge in [0, 0.05) is 18.7 Å². The van der Waals surface area contributed by atoms with Crippen molar-refractivity contribution >= 4 is 33.6 Å². The monoisotopic (exact) mass is 529 g/mol. The third-order valence-electron chi connectivity index (χ3n) is 6.96. The van der Waals surface area contributed by atoms with Crippen LogP contribution in [-0.2, 0) is 6.42 Å². The summed E-state index contributed by atoms with van der Waals surface area (Å²) in [5.41, 5.74) is 8.47. The number of fused-ring (bicyclic) bond motifs is 1. The van der Waals surface area contributed by atoms with Gasteiger partial charge in [0.1, 0.15) is 15.8 Å². The molecule has 1 aliphatic heterocycles. The number of nitrogens with zero attached hydrogens (tertiary/aromatic N) is 3. The van der Waals surface area contributed by atoms with Crippen LogP contribution in [0.4, 0.5) is 25.2 Å². The average Bonchev–Trinajstić information content (AvgIpc) is 3.41. The van der Waals surface area contributed by atoms with Gasteiger partial charge in [-0.05, 0) is 43.2 Å². The van der Waals surface area contributed by atoms with Gasteiger partial charge in [-0.3, -0.25) is 9.78 Å². The molecule has 3 aromatic rings. The highest BCUT2D eigenvalue weighted by molar-refractivity contribution is 7.19. The highest BCUT2D eigenvalue weighted by Crippen LogP contribution is 2.43. The number of carbonyl (C=O) groups excluding carboxylic acids is 1. The van der Waals surface area contributed by atoms with Gasteiger partial charge in [0.15, 0.2) is 17.3 Å². The number of rotatable bonds is 5. The molecule has 1 unspecified atom stereocenters. The van der Waals surface area contributed by atoms with Crippen LogP contribution in [0.1, 0.15) is 54.5 Å². The highest BCUT2D eigenvalue weighted by atomic mass is 32.1. The van der Waals surface area contributed by atoms with Crippen LogP contribution >= 0.6 is 11.3 Å². The van der Waals surface area contributed by atoms with Crippen LogP contribution < -0.4 is 20.7 Å². The van der Waals surface area contributed by atoms with E-state index in [0.29, 0.717) is 36.1 Å². The molecule has 0 radical (unpaired) electrons. The fraction of sp³-hybridized carbons (Fsp3) is 0.423. The molecule has 11 heteroatoms. The number of carbonyl (C=O) groups is 1. The maximum absolute atomic E-state index is 14.8. The quantitative estimate of drug-likeness (QED) is 0.436. The van der Waals surface area contributed by atoms with Crippen molar-refractivity contribution in [3.05, 3.63) is 46.9 Å². The maximum atomic E-state index is 14.8. The Hall–Kier alpha value is -3.31. The molecule has 3 heterocycles. The normalized spacial score (nSPS) is 21.1. The molecule has 2 aromatic heterocycles. The molecule has 1 fully saturated rings. The molecule has 2 aliphatic rings. The molecule has 3 atom stereocenters.